The third kappa shape index (κ3) is 3.96. The zero-order valence-electron chi connectivity index (χ0n) is 22.1. The third-order valence-electron chi connectivity index (χ3n) is 10.9. The molecule has 1 aromatic heterocycles. The van der Waals surface area contributed by atoms with Crippen LogP contribution in [-0.2, 0) is 23.9 Å². The molecule has 38 heavy (non-hydrogen) atoms. The van der Waals surface area contributed by atoms with E-state index in [-0.39, 0.29) is 37.0 Å². The molecule has 9 heteroatoms. The minimum Gasteiger partial charge on any atom is -0.469 e. The Hall–Kier alpha value is -2.52. The number of carbonyl (C=O) groups excluding carboxylic acids is 3. The van der Waals surface area contributed by atoms with Crippen molar-refractivity contribution in [1.29, 1.82) is 0 Å². The Morgan fingerprint density at radius 3 is 2.45 bits per heavy atom. The lowest BCUT2D eigenvalue weighted by atomic mass is 9.41. The van der Waals surface area contributed by atoms with Crippen LogP contribution in [0.15, 0.2) is 27.6 Å². The fourth-order valence-electron chi connectivity index (χ4n) is 8.89. The Morgan fingerprint density at radius 2 is 1.76 bits per heavy atom. The molecule has 4 saturated carbocycles. The van der Waals surface area contributed by atoms with Crippen molar-refractivity contribution in [2.45, 2.75) is 101 Å². The molecule has 0 amide bonds. The number of carbonyl (C=O) groups is 3. The summed E-state index contributed by atoms with van der Waals surface area (Å²) in [6.07, 6.45) is 6.36. The summed E-state index contributed by atoms with van der Waals surface area (Å²) in [4.78, 5) is 48.0. The summed E-state index contributed by atoms with van der Waals surface area (Å²) in [6.45, 7) is 2.12. The van der Waals surface area contributed by atoms with Gasteiger partial charge in [0.1, 0.15) is 12.4 Å². The Morgan fingerprint density at radius 1 is 1.03 bits per heavy atom. The Kier molecular flexibility index (Phi) is 6.83. The highest BCUT2D eigenvalue weighted by atomic mass is 16.5. The Balaban J connectivity index is 1.35. The highest BCUT2D eigenvalue weighted by Gasteiger charge is 2.71. The van der Waals surface area contributed by atoms with Gasteiger partial charge in [0.05, 0.1) is 42.8 Å². The monoisotopic (exact) mass is 530 g/mol. The largest absolute Gasteiger partial charge is 0.469 e. The molecule has 0 saturated heterocycles. The lowest BCUT2D eigenvalue weighted by molar-refractivity contribution is -0.248. The summed E-state index contributed by atoms with van der Waals surface area (Å²) < 4.78 is 15.3. The van der Waals surface area contributed by atoms with Crippen LogP contribution in [-0.4, -0.2) is 52.9 Å². The van der Waals surface area contributed by atoms with Gasteiger partial charge in [0, 0.05) is 17.9 Å². The van der Waals surface area contributed by atoms with Gasteiger partial charge in [-0.25, -0.2) is 4.79 Å². The van der Waals surface area contributed by atoms with E-state index in [1.54, 1.807) is 6.07 Å². The van der Waals surface area contributed by atoms with E-state index in [1.807, 2.05) is 0 Å². The van der Waals surface area contributed by atoms with Crippen molar-refractivity contribution in [2.75, 3.05) is 7.11 Å². The molecule has 208 valence electrons. The molecule has 4 aliphatic carbocycles. The average Bonchev–Trinajstić information content (AvgIpc) is 3.18. The maximum atomic E-state index is 12.9. The first-order chi connectivity index (χ1) is 18.0. The number of fused-ring (bicyclic) bond motifs is 5. The zero-order valence-corrected chi connectivity index (χ0v) is 22.1. The van der Waals surface area contributed by atoms with Gasteiger partial charge in [-0.1, -0.05) is 6.92 Å². The molecule has 9 nitrogen and oxygen atoms in total. The van der Waals surface area contributed by atoms with Crippen LogP contribution in [0.4, 0.5) is 0 Å². The fourth-order valence-corrected chi connectivity index (χ4v) is 8.89. The van der Waals surface area contributed by atoms with Gasteiger partial charge in [-0.3, -0.25) is 9.59 Å². The Bertz CT molecular complexity index is 1140. The first-order valence-electron chi connectivity index (χ1n) is 13.8. The van der Waals surface area contributed by atoms with Crippen LogP contribution in [0, 0.1) is 22.7 Å². The number of ether oxygens (including phenoxy) is 2. The van der Waals surface area contributed by atoms with E-state index in [0.29, 0.717) is 44.9 Å². The number of aldehydes is 1. The lowest BCUT2D eigenvalue weighted by Gasteiger charge is -2.65. The maximum absolute atomic E-state index is 12.9. The molecule has 4 aliphatic rings. The SMILES string of the molecule is COC(=O)CCC(=O)OC1CCC2(C=O)C3CCC4(C)C(c5ccc(=O)oc5)CCC4(O)C3CCC2(O)C1. The van der Waals surface area contributed by atoms with Gasteiger partial charge in [0.15, 0.2) is 0 Å². The van der Waals surface area contributed by atoms with Crippen molar-refractivity contribution in [3.63, 3.8) is 0 Å². The molecule has 0 radical (unpaired) electrons. The smallest absolute Gasteiger partial charge is 0.335 e. The summed E-state index contributed by atoms with van der Waals surface area (Å²) in [7, 11) is 1.26. The second kappa shape index (κ2) is 9.59. The number of esters is 2. The fraction of sp³-hybridized carbons (Fsp3) is 0.724. The molecule has 4 fully saturated rings. The minimum absolute atomic E-state index is 0.0333. The van der Waals surface area contributed by atoms with E-state index >= 15 is 0 Å². The van der Waals surface area contributed by atoms with Crippen molar-refractivity contribution in [2.24, 2.45) is 22.7 Å². The van der Waals surface area contributed by atoms with Crippen LogP contribution in [0.25, 0.3) is 0 Å². The van der Waals surface area contributed by atoms with Gasteiger partial charge in [-0.2, -0.15) is 0 Å². The molecule has 2 N–H and O–H groups in total. The van der Waals surface area contributed by atoms with Gasteiger partial charge in [-0.15, -0.1) is 0 Å². The third-order valence-corrected chi connectivity index (χ3v) is 10.9. The normalized spacial score (nSPS) is 41.8. The second-order valence-electron chi connectivity index (χ2n) is 12.2. The Labute approximate surface area is 221 Å². The number of hydrogen-bond acceptors (Lipinski definition) is 9. The second-order valence-corrected chi connectivity index (χ2v) is 12.2. The molecule has 0 spiro atoms. The molecule has 0 aliphatic heterocycles. The van der Waals surface area contributed by atoms with E-state index in [2.05, 4.69) is 11.7 Å². The summed E-state index contributed by atoms with van der Waals surface area (Å²) in [5.41, 5.74) is -3.29. The van der Waals surface area contributed by atoms with Crippen LogP contribution in [0.1, 0.15) is 89.0 Å². The first-order valence-corrected chi connectivity index (χ1v) is 13.8. The van der Waals surface area contributed by atoms with E-state index in [4.69, 9.17) is 9.15 Å². The molecule has 1 aromatic rings. The van der Waals surface area contributed by atoms with Crippen molar-refractivity contribution in [3.8, 4) is 0 Å². The molecule has 8 unspecified atom stereocenters. The molecule has 1 heterocycles. The van der Waals surface area contributed by atoms with Crippen LogP contribution in [0.2, 0.25) is 0 Å². The minimum atomic E-state index is -1.33. The maximum Gasteiger partial charge on any atom is 0.335 e. The number of rotatable bonds is 6. The van der Waals surface area contributed by atoms with Gasteiger partial charge < -0.3 is 28.9 Å². The first kappa shape index (κ1) is 27.1. The summed E-state index contributed by atoms with van der Waals surface area (Å²) in [5.74, 6) is -1.30. The zero-order chi connectivity index (χ0) is 27.3. The van der Waals surface area contributed by atoms with E-state index in [1.165, 1.54) is 19.4 Å². The molecule has 8 atom stereocenters. The molecule has 0 aromatic carbocycles. The number of aliphatic hydroxyl groups is 2. The summed E-state index contributed by atoms with van der Waals surface area (Å²) in [6, 6.07) is 3.21. The highest BCUT2D eigenvalue weighted by molar-refractivity contribution is 5.77. The van der Waals surface area contributed by atoms with Crippen LogP contribution in [0.3, 0.4) is 0 Å². The van der Waals surface area contributed by atoms with Gasteiger partial charge in [0.2, 0.25) is 0 Å². The average molecular weight is 531 g/mol. The van der Waals surface area contributed by atoms with Gasteiger partial charge in [-0.05, 0) is 80.8 Å². The molecule has 5 rings (SSSR count). The van der Waals surface area contributed by atoms with E-state index < -0.39 is 45.7 Å². The predicted molar refractivity (Wildman–Crippen MR) is 134 cm³/mol. The quantitative estimate of drug-likeness (QED) is 0.419. The molecular formula is C29H38O9. The van der Waals surface area contributed by atoms with Gasteiger partial charge >= 0.3 is 17.6 Å². The molecular weight excluding hydrogens is 492 g/mol. The topological polar surface area (TPSA) is 140 Å². The number of methoxy groups -OCH3 is 1. The predicted octanol–water partition coefficient (Wildman–Crippen LogP) is 3.04. The van der Waals surface area contributed by atoms with Crippen molar-refractivity contribution in [1.82, 2.24) is 0 Å². The lowest BCUT2D eigenvalue weighted by Crippen LogP contribution is -2.68. The van der Waals surface area contributed by atoms with E-state index in [0.717, 1.165) is 18.3 Å². The van der Waals surface area contributed by atoms with Crippen molar-refractivity contribution < 1.29 is 38.5 Å². The van der Waals surface area contributed by atoms with Crippen LogP contribution >= 0.6 is 0 Å². The van der Waals surface area contributed by atoms with Crippen LogP contribution in [0.5, 0.6) is 0 Å². The van der Waals surface area contributed by atoms with E-state index in [9.17, 15) is 29.4 Å². The van der Waals surface area contributed by atoms with Gasteiger partial charge in [0.25, 0.3) is 0 Å². The van der Waals surface area contributed by atoms with Crippen LogP contribution < -0.4 is 5.63 Å². The van der Waals surface area contributed by atoms with Crippen molar-refractivity contribution in [3.05, 3.63) is 34.4 Å². The molecule has 0 bridgehead atoms. The summed E-state index contributed by atoms with van der Waals surface area (Å²) in [5, 5.41) is 24.3. The highest BCUT2D eigenvalue weighted by Crippen LogP contribution is 2.71. The summed E-state index contributed by atoms with van der Waals surface area (Å²) >= 11 is 0. The van der Waals surface area contributed by atoms with Crippen molar-refractivity contribution >= 4 is 18.2 Å². The number of hydrogen-bond donors (Lipinski definition) is 2. The standard InChI is InChI=1S/C29H38O9/c1-26-11-8-21-22(29(26,35)14-10-20(26)18-3-4-24(32)37-16-18)9-13-28(34)15-19(7-12-27(21,28)17-30)38-25(33)6-5-23(31)36-2/h3-4,16-17,19-22,34-35H,5-15H2,1-2H3.